The minimum atomic E-state index is -0.159. The first kappa shape index (κ1) is 17.9. The molecular formula is C22H35NO. The van der Waals surface area contributed by atoms with Gasteiger partial charge in [-0.3, -0.25) is 4.90 Å². The van der Waals surface area contributed by atoms with Gasteiger partial charge < -0.3 is 5.11 Å². The Morgan fingerprint density at radius 3 is 2.38 bits per heavy atom. The minimum Gasteiger partial charge on any atom is -0.393 e. The maximum atomic E-state index is 10.8. The van der Waals surface area contributed by atoms with E-state index in [0.29, 0.717) is 17.9 Å². The first-order valence-electron chi connectivity index (χ1n) is 9.88. The smallest absolute Gasteiger partial charge is 0.0588 e. The van der Waals surface area contributed by atoms with Gasteiger partial charge in [-0.25, -0.2) is 0 Å². The van der Waals surface area contributed by atoms with Crippen molar-refractivity contribution in [3.8, 4) is 0 Å². The largest absolute Gasteiger partial charge is 0.393 e. The summed E-state index contributed by atoms with van der Waals surface area (Å²) in [6.45, 7) is 10.4. The van der Waals surface area contributed by atoms with E-state index in [-0.39, 0.29) is 11.6 Å². The molecule has 0 amide bonds. The molecule has 24 heavy (non-hydrogen) atoms. The molecule has 2 heteroatoms. The molecule has 2 aliphatic rings. The molecule has 1 N–H and O–H groups in total. The summed E-state index contributed by atoms with van der Waals surface area (Å²) in [6, 6.07) is 11.4. The van der Waals surface area contributed by atoms with Gasteiger partial charge in [0.15, 0.2) is 0 Å². The van der Waals surface area contributed by atoms with Gasteiger partial charge >= 0.3 is 0 Å². The minimum absolute atomic E-state index is 0.0252. The number of benzene rings is 1. The zero-order valence-electron chi connectivity index (χ0n) is 15.9. The molecule has 0 spiro atoms. The van der Waals surface area contributed by atoms with Gasteiger partial charge in [-0.15, -0.1) is 0 Å². The van der Waals surface area contributed by atoms with Crippen molar-refractivity contribution in [1.29, 1.82) is 0 Å². The summed E-state index contributed by atoms with van der Waals surface area (Å²) in [6.07, 6.45) is 5.94. The van der Waals surface area contributed by atoms with Gasteiger partial charge in [-0.1, -0.05) is 43.7 Å². The third-order valence-electron chi connectivity index (χ3n) is 6.72. The lowest BCUT2D eigenvalue weighted by molar-refractivity contribution is -0.0648. The third-order valence-corrected chi connectivity index (χ3v) is 6.72. The van der Waals surface area contributed by atoms with Crippen molar-refractivity contribution in [2.24, 2.45) is 17.8 Å². The first-order valence-corrected chi connectivity index (χ1v) is 9.88. The molecule has 0 unspecified atom stereocenters. The number of aliphatic hydroxyl groups is 1. The van der Waals surface area contributed by atoms with Crippen LogP contribution in [-0.4, -0.2) is 27.7 Å². The van der Waals surface area contributed by atoms with E-state index in [0.717, 1.165) is 25.3 Å². The normalized spacial score (nSPS) is 29.7. The summed E-state index contributed by atoms with van der Waals surface area (Å²) in [5.74, 6) is 1.88. The lowest BCUT2D eigenvalue weighted by Gasteiger charge is -2.51. The first-order chi connectivity index (χ1) is 11.4. The monoisotopic (exact) mass is 329 g/mol. The van der Waals surface area contributed by atoms with Crippen LogP contribution >= 0.6 is 0 Å². The van der Waals surface area contributed by atoms with Crippen molar-refractivity contribution in [2.75, 3.05) is 0 Å². The zero-order valence-corrected chi connectivity index (χ0v) is 15.9. The van der Waals surface area contributed by atoms with Crippen LogP contribution in [0.5, 0.6) is 0 Å². The molecule has 0 aliphatic heterocycles. The van der Waals surface area contributed by atoms with E-state index in [9.17, 15) is 5.11 Å². The molecule has 2 saturated carbocycles. The van der Waals surface area contributed by atoms with Crippen LogP contribution in [0.2, 0.25) is 0 Å². The van der Waals surface area contributed by atoms with E-state index in [1.807, 2.05) is 0 Å². The molecule has 1 aromatic carbocycles. The van der Waals surface area contributed by atoms with Gasteiger partial charge in [0, 0.05) is 24.0 Å². The van der Waals surface area contributed by atoms with E-state index < -0.39 is 0 Å². The van der Waals surface area contributed by atoms with E-state index >= 15 is 0 Å². The zero-order chi connectivity index (χ0) is 17.3. The fourth-order valence-corrected chi connectivity index (χ4v) is 4.87. The van der Waals surface area contributed by atoms with E-state index in [1.165, 1.54) is 24.8 Å². The molecule has 134 valence electrons. The Bertz CT molecular complexity index is 522. The Kier molecular flexibility index (Phi) is 5.36. The van der Waals surface area contributed by atoms with Crippen LogP contribution in [0.4, 0.5) is 0 Å². The highest BCUT2D eigenvalue weighted by molar-refractivity contribution is 5.16. The van der Waals surface area contributed by atoms with Crippen LogP contribution in [-0.2, 0) is 6.54 Å². The predicted molar refractivity (Wildman–Crippen MR) is 101 cm³/mol. The molecule has 4 atom stereocenters. The summed E-state index contributed by atoms with van der Waals surface area (Å²) in [5.41, 5.74) is 1.41. The van der Waals surface area contributed by atoms with Crippen LogP contribution in [0.25, 0.3) is 0 Å². The van der Waals surface area contributed by atoms with Crippen LogP contribution in [0, 0.1) is 17.8 Å². The highest BCUT2D eigenvalue weighted by Crippen LogP contribution is 2.44. The second-order valence-corrected chi connectivity index (χ2v) is 8.94. The van der Waals surface area contributed by atoms with Crippen LogP contribution in [0.1, 0.15) is 65.4 Å². The predicted octanol–water partition coefficient (Wildman–Crippen LogP) is 4.86. The van der Waals surface area contributed by atoms with Crippen LogP contribution < -0.4 is 0 Å². The Hall–Kier alpha value is -0.860. The van der Waals surface area contributed by atoms with Gasteiger partial charge in [0.25, 0.3) is 0 Å². The number of hydrogen-bond donors (Lipinski definition) is 1. The number of rotatable bonds is 6. The van der Waals surface area contributed by atoms with Crippen molar-refractivity contribution in [3.05, 3.63) is 35.9 Å². The van der Waals surface area contributed by atoms with E-state index in [1.54, 1.807) is 0 Å². The summed E-state index contributed by atoms with van der Waals surface area (Å²) < 4.78 is 0. The summed E-state index contributed by atoms with van der Waals surface area (Å²) in [4.78, 5) is 2.70. The molecule has 2 fully saturated rings. The third kappa shape index (κ3) is 3.86. The highest BCUT2D eigenvalue weighted by Gasteiger charge is 2.45. The molecular weight excluding hydrogens is 294 g/mol. The van der Waals surface area contributed by atoms with E-state index in [2.05, 4.69) is 62.9 Å². The maximum Gasteiger partial charge on any atom is 0.0588 e. The molecule has 1 aromatic rings. The average Bonchev–Trinajstić information content (AvgIpc) is 3.37. The fourth-order valence-electron chi connectivity index (χ4n) is 4.87. The molecule has 0 aromatic heterocycles. The topological polar surface area (TPSA) is 23.5 Å². The summed E-state index contributed by atoms with van der Waals surface area (Å²) in [7, 11) is 0. The molecule has 0 saturated heterocycles. The van der Waals surface area contributed by atoms with Crippen LogP contribution in [0.3, 0.4) is 0 Å². The number of hydrogen-bond acceptors (Lipinski definition) is 2. The quantitative estimate of drug-likeness (QED) is 0.805. The molecule has 2 aliphatic carbocycles. The molecule has 0 heterocycles. The Balaban J connectivity index is 1.82. The number of nitrogens with zero attached hydrogens (tertiary/aromatic N) is 1. The Labute approximate surface area is 148 Å². The van der Waals surface area contributed by atoms with Gasteiger partial charge in [0.1, 0.15) is 0 Å². The highest BCUT2D eigenvalue weighted by atomic mass is 16.3. The van der Waals surface area contributed by atoms with Gasteiger partial charge in [-0.05, 0) is 63.9 Å². The van der Waals surface area contributed by atoms with Crippen LogP contribution in [0.15, 0.2) is 30.3 Å². The standard InChI is InChI=1S/C22H35NO/c1-16-10-13-20(21(24)14-16)22(3,4)23(17(2)19-11-12-19)15-18-8-6-5-7-9-18/h5-9,16-17,19-21,24H,10-15H2,1-4H3/t16-,17-,20-,21-/m1/s1. The van der Waals surface area contributed by atoms with Gasteiger partial charge in [0.05, 0.1) is 6.10 Å². The SMILES string of the molecule is C[C@@H]1CC[C@@H](C(C)(C)N(Cc2ccccc2)[C@H](C)C2CC2)[C@H](O)C1. The summed E-state index contributed by atoms with van der Waals surface area (Å²) in [5, 5.41) is 10.8. The second kappa shape index (κ2) is 7.17. The van der Waals surface area contributed by atoms with Crippen molar-refractivity contribution >= 4 is 0 Å². The summed E-state index contributed by atoms with van der Waals surface area (Å²) >= 11 is 0. The lowest BCUT2D eigenvalue weighted by Crippen LogP contribution is -2.57. The molecule has 0 radical (unpaired) electrons. The lowest BCUT2D eigenvalue weighted by atomic mass is 9.70. The van der Waals surface area contributed by atoms with Crippen molar-refractivity contribution < 1.29 is 5.11 Å². The number of aliphatic hydroxyl groups excluding tert-OH is 1. The van der Waals surface area contributed by atoms with Gasteiger partial charge in [-0.2, -0.15) is 0 Å². The Morgan fingerprint density at radius 2 is 1.79 bits per heavy atom. The Morgan fingerprint density at radius 1 is 1.12 bits per heavy atom. The molecule has 3 rings (SSSR count). The van der Waals surface area contributed by atoms with Crippen molar-refractivity contribution in [2.45, 2.75) is 84.0 Å². The van der Waals surface area contributed by atoms with Gasteiger partial charge in [0.2, 0.25) is 0 Å². The van der Waals surface area contributed by atoms with E-state index in [4.69, 9.17) is 0 Å². The molecule has 0 bridgehead atoms. The fraction of sp³-hybridized carbons (Fsp3) is 0.727. The van der Waals surface area contributed by atoms with Crippen molar-refractivity contribution in [1.82, 2.24) is 4.90 Å². The second-order valence-electron chi connectivity index (χ2n) is 8.94. The van der Waals surface area contributed by atoms with Crippen molar-refractivity contribution in [3.63, 3.8) is 0 Å². The average molecular weight is 330 g/mol. The maximum absolute atomic E-state index is 10.8. The molecule has 2 nitrogen and oxygen atoms in total.